The number of amides is 2. The highest BCUT2D eigenvalue weighted by molar-refractivity contribution is 7.20. The van der Waals surface area contributed by atoms with E-state index in [0.717, 1.165) is 30.4 Å². The smallest absolute Gasteiger partial charge is 0.317 e. The summed E-state index contributed by atoms with van der Waals surface area (Å²) in [6, 6.07) is 5.15. The minimum Gasteiger partial charge on any atom is -0.480 e. The van der Waals surface area contributed by atoms with Crippen molar-refractivity contribution in [2.24, 2.45) is 22.4 Å². The number of aliphatic imine (C=N–C) groups is 1. The third-order valence-corrected chi connectivity index (χ3v) is 9.06. The highest BCUT2D eigenvalue weighted by atomic mass is 32.1. The summed E-state index contributed by atoms with van der Waals surface area (Å²) in [4.78, 5) is 62.3. The van der Waals surface area contributed by atoms with Gasteiger partial charge in [-0.05, 0) is 50.2 Å². The summed E-state index contributed by atoms with van der Waals surface area (Å²) in [6.45, 7) is 0.365. The van der Waals surface area contributed by atoms with Crippen molar-refractivity contribution in [1.29, 1.82) is 0 Å². The molecule has 1 saturated heterocycles. The largest absolute Gasteiger partial charge is 0.480 e. The van der Waals surface area contributed by atoms with E-state index in [4.69, 9.17) is 11.5 Å². The quantitative estimate of drug-likeness (QED) is 0.0934. The molecule has 1 aliphatic heterocycles. The number of carboxylic acid groups (broad SMARTS) is 1. The second-order valence-electron chi connectivity index (χ2n) is 11.1. The molecule has 2 amide bonds. The fourth-order valence-electron chi connectivity index (χ4n) is 5.91. The van der Waals surface area contributed by atoms with E-state index in [1.807, 2.05) is 24.3 Å². The van der Waals surface area contributed by atoms with Crippen molar-refractivity contribution >= 4 is 51.1 Å². The Labute approximate surface area is 250 Å². The fraction of sp³-hybridized carbons (Fsp3) is 0.586. The number of ketones is 1. The zero-order valence-electron chi connectivity index (χ0n) is 23.8. The Morgan fingerprint density at radius 1 is 1.10 bits per heavy atom. The normalized spacial score (nSPS) is 18.9. The molecule has 1 aliphatic carbocycles. The zero-order chi connectivity index (χ0) is 30.1. The summed E-state index contributed by atoms with van der Waals surface area (Å²) in [5.41, 5.74) is 11.6. The molecule has 0 unspecified atom stereocenters. The van der Waals surface area contributed by atoms with Crippen LogP contribution in [0.15, 0.2) is 29.3 Å². The van der Waals surface area contributed by atoms with Crippen molar-refractivity contribution in [1.82, 2.24) is 20.5 Å². The number of benzene rings is 1. The Hall–Kier alpha value is -3.58. The van der Waals surface area contributed by atoms with E-state index < -0.39 is 30.0 Å². The molecule has 3 atom stereocenters. The lowest BCUT2D eigenvalue weighted by molar-refractivity contribution is -0.141. The van der Waals surface area contributed by atoms with E-state index in [2.05, 4.69) is 20.6 Å². The van der Waals surface area contributed by atoms with Crippen molar-refractivity contribution in [3.05, 3.63) is 29.3 Å². The molecule has 2 aliphatic rings. The van der Waals surface area contributed by atoms with Gasteiger partial charge in [-0.2, -0.15) is 0 Å². The molecule has 7 N–H and O–H groups in total. The number of fused-ring (bicyclic) bond motifs is 1. The summed E-state index contributed by atoms with van der Waals surface area (Å²) < 4.78 is 0.872. The molecule has 0 spiro atoms. The van der Waals surface area contributed by atoms with Crippen molar-refractivity contribution < 1.29 is 25.7 Å². The van der Waals surface area contributed by atoms with Crippen LogP contribution in [0.5, 0.6) is 0 Å². The van der Waals surface area contributed by atoms with E-state index in [9.17, 15) is 24.3 Å². The summed E-state index contributed by atoms with van der Waals surface area (Å²) in [5, 5.41) is 15.4. The summed E-state index contributed by atoms with van der Waals surface area (Å²) >= 11 is 1.27. The molecule has 0 radical (unpaired) electrons. The maximum Gasteiger partial charge on any atom is 0.317 e. The molecule has 2 fully saturated rings. The lowest BCUT2D eigenvalue weighted by Gasteiger charge is -2.32. The summed E-state index contributed by atoms with van der Waals surface area (Å²) in [6.07, 6.45) is 7.80. The molecule has 4 rings (SSSR count). The number of likely N-dealkylation sites (tertiary alicyclic amines) is 1. The van der Waals surface area contributed by atoms with E-state index in [1.54, 1.807) is 4.90 Å². The number of nitrogens with zero attached hydrogens (tertiary/aromatic N) is 3. The molecule has 42 heavy (non-hydrogen) atoms. The number of para-hydroxylation sites is 1. The molecule has 230 valence electrons. The standard InChI is InChI=1S/C29H41N7O5S.H2/c30-29(31)32-14-6-11-20(25(39)27-35-19-10-4-5-13-23(19)42-27)34-26(40)22-12-7-15-36(22)28(41)21(33-17-24(37)38)16-18-8-2-1-3-9-18;/h4-5,10,13,18,20-22,33H,1-3,6-9,11-12,14-17H2,(H,34,40)(H,37,38)(H4,30,31,32);1H/t20-,21+,22-;/m0./s1. The highest BCUT2D eigenvalue weighted by Crippen LogP contribution is 2.29. The molecule has 12 nitrogen and oxygen atoms in total. The number of carbonyl (C=O) groups excluding carboxylic acids is 3. The van der Waals surface area contributed by atoms with Crippen LogP contribution < -0.4 is 22.1 Å². The van der Waals surface area contributed by atoms with Gasteiger partial charge in [-0.1, -0.05) is 44.2 Å². The number of carboxylic acids is 1. The second-order valence-corrected chi connectivity index (χ2v) is 12.1. The average molecular weight is 602 g/mol. The number of hydrogen-bond donors (Lipinski definition) is 5. The predicted octanol–water partition coefficient (Wildman–Crippen LogP) is 2.27. The van der Waals surface area contributed by atoms with Gasteiger partial charge in [0.2, 0.25) is 17.6 Å². The van der Waals surface area contributed by atoms with Crippen LogP contribution in [-0.2, 0) is 14.4 Å². The van der Waals surface area contributed by atoms with Gasteiger partial charge >= 0.3 is 5.97 Å². The Bertz CT molecular complexity index is 1260. The summed E-state index contributed by atoms with van der Waals surface area (Å²) in [5.74, 6) is -1.72. The number of thiazole rings is 1. The van der Waals surface area contributed by atoms with Crippen LogP contribution in [-0.4, -0.2) is 82.3 Å². The van der Waals surface area contributed by atoms with Crippen molar-refractivity contribution in [3.63, 3.8) is 0 Å². The van der Waals surface area contributed by atoms with Crippen molar-refractivity contribution in [2.75, 3.05) is 19.6 Å². The van der Waals surface area contributed by atoms with Gasteiger partial charge < -0.3 is 26.8 Å². The van der Waals surface area contributed by atoms with Crippen molar-refractivity contribution in [2.45, 2.75) is 82.3 Å². The third-order valence-electron chi connectivity index (χ3n) is 8.01. The van der Waals surface area contributed by atoms with E-state index in [1.165, 1.54) is 17.8 Å². The number of nitrogens with two attached hydrogens (primary N) is 2. The maximum absolute atomic E-state index is 13.7. The average Bonchev–Trinajstić information content (AvgIpc) is 3.64. The molecule has 1 aromatic carbocycles. The number of aromatic nitrogens is 1. The van der Waals surface area contributed by atoms with Gasteiger partial charge in [0.1, 0.15) is 6.04 Å². The Balaban J connectivity index is 0.00000506. The van der Waals surface area contributed by atoms with E-state index in [-0.39, 0.29) is 25.6 Å². The minimum atomic E-state index is -1.04. The van der Waals surface area contributed by atoms with Gasteiger partial charge in [-0.15, -0.1) is 11.3 Å². The van der Waals surface area contributed by atoms with Gasteiger partial charge in [-0.25, -0.2) is 4.98 Å². The topological polar surface area (TPSA) is 193 Å². The number of carbonyl (C=O) groups is 4. The molecule has 1 aromatic heterocycles. The first-order chi connectivity index (χ1) is 20.2. The molecular formula is C29H43N7O5S. The fourth-order valence-corrected chi connectivity index (χ4v) is 6.87. The zero-order valence-corrected chi connectivity index (χ0v) is 24.6. The van der Waals surface area contributed by atoms with Crippen LogP contribution in [0.4, 0.5) is 0 Å². The lowest BCUT2D eigenvalue weighted by Crippen LogP contribution is -2.55. The van der Waals surface area contributed by atoms with Crippen LogP contribution in [0.2, 0.25) is 0 Å². The molecular weight excluding hydrogens is 558 g/mol. The summed E-state index contributed by atoms with van der Waals surface area (Å²) in [7, 11) is 0. The number of rotatable bonds is 14. The molecule has 2 heterocycles. The number of nitrogens with one attached hydrogen (secondary N) is 2. The predicted molar refractivity (Wildman–Crippen MR) is 163 cm³/mol. The van der Waals surface area contributed by atoms with Gasteiger partial charge in [0.05, 0.1) is 28.8 Å². The number of aliphatic carboxylic acids is 1. The minimum absolute atomic E-state index is 0. The number of hydrogen-bond acceptors (Lipinski definition) is 8. The maximum atomic E-state index is 13.7. The van der Waals surface area contributed by atoms with Crippen LogP contribution >= 0.6 is 11.3 Å². The second kappa shape index (κ2) is 15.1. The van der Waals surface area contributed by atoms with Crippen LogP contribution in [0, 0.1) is 5.92 Å². The van der Waals surface area contributed by atoms with Gasteiger partial charge in [0.15, 0.2) is 11.0 Å². The van der Waals surface area contributed by atoms with E-state index >= 15 is 0 Å². The molecule has 1 saturated carbocycles. The number of Topliss-reactive ketones (excluding diaryl/α,β-unsaturated/α-hetero) is 1. The molecule has 0 bridgehead atoms. The highest BCUT2D eigenvalue weighted by Gasteiger charge is 2.39. The SMILES string of the molecule is NC(N)=NCCC[C@H](NC(=O)[C@@H]1CCCN1C(=O)[C@@H](CC1CCCCC1)NCC(=O)O)C(=O)c1nc2ccccc2s1.[HH]. The van der Waals surface area contributed by atoms with Gasteiger partial charge in [-0.3, -0.25) is 29.5 Å². The van der Waals surface area contributed by atoms with Gasteiger partial charge in [0.25, 0.3) is 0 Å². The van der Waals surface area contributed by atoms with Crippen molar-refractivity contribution in [3.8, 4) is 0 Å². The van der Waals surface area contributed by atoms with E-state index in [0.29, 0.717) is 61.6 Å². The molecule has 2 aromatic rings. The van der Waals surface area contributed by atoms with Crippen LogP contribution in [0.3, 0.4) is 0 Å². The lowest BCUT2D eigenvalue weighted by atomic mass is 9.84. The monoisotopic (exact) mass is 601 g/mol. The van der Waals surface area contributed by atoms with Crippen LogP contribution in [0.25, 0.3) is 10.2 Å². The van der Waals surface area contributed by atoms with Crippen LogP contribution in [0.1, 0.15) is 75.4 Å². The molecule has 13 heteroatoms. The first-order valence-corrected chi connectivity index (χ1v) is 15.6. The Morgan fingerprint density at radius 3 is 2.57 bits per heavy atom. The third kappa shape index (κ3) is 8.48. The first kappa shape index (κ1) is 31.4. The first-order valence-electron chi connectivity index (χ1n) is 14.7. The Morgan fingerprint density at radius 2 is 1.86 bits per heavy atom. The Kier molecular flexibility index (Phi) is 11.2. The number of guanidine groups is 1. The van der Waals surface area contributed by atoms with Gasteiger partial charge in [0, 0.05) is 14.5 Å².